The third kappa shape index (κ3) is 3.85. The van der Waals surface area contributed by atoms with E-state index >= 15 is 0 Å². The zero-order valence-corrected chi connectivity index (χ0v) is 10.8. The normalized spacial score (nSPS) is 10.2. The van der Waals surface area contributed by atoms with E-state index in [1.807, 2.05) is 12.1 Å². The summed E-state index contributed by atoms with van der Waals surface area (Å²) in [7, 11) is -2.98. The second-order valence-electron chi connectivity index (χ2n) is 4.47. The summed E-state index contributed by atoms with van der Waals surface area (Å²) in [6.07, 6.45) is 0. The van der Waals surface area contributed by atoms with Gasteiger partial charge in [-0.05, 0) is 28.6 Å². The second-order valence-corrected chi connectivity index (χ2v) is 4.47. The Morgan fingerprint density at radius 2 is 1.40 bits per heavy atom. The number of hydrogen-bond acceptors (Lipinski definition) is 5. The van der Waals surface area contributed by atoms with Gasteiger partial charge >= 0.3 is 14.2 Å². The molecule has 0 unspecified atom stereocenters. The molecule has 0 spiro atoms. The Bertz CT molecular complexity index is 526. The van der Waals surface area contributed by atoms with Gasteiger partial charge in [-0.2, -0.15) is 0 Å². The van der Waals surface area contributed by atoms with Crippen LogP contribution in [0.4, 0.5) is 5.69 Å². The largest absolute Gasteiger partial charge is 0.488 e. The molecule has 0 saturated heterocycles. The molecule has 0 saturated carbocycles. The number of nitrogens with one attached hydrogen (secondary N) is 1. The van der Waals surface area contributed by atoms with E-state index in [0.29, 0.717) is 17.5 Å². The second kappa shape index (κ2) is 6.58. The molecule has 0 aliphatic heterocycles. The average Bonchev–Trinajstić information content (AvgIpc) is 2.45. The van der Waals surface area contributed by atoms with E-state index in [9.17, 15) is 0 Å². The first-order valence-electron chi connectivity index (χ1n) is 6.21. The van der Waals surface area contributed by atoms with Crippen molar-refractivity contribution < 1.29 is 20.1 Å². The molecule has 0 radical (unpaired) electrons. The molecule has 7 heteroatoms. The smallest absolute Gasteiger partial charge is 0.423 e. The van der Waals surface area contributed by atoms with Crippen LogP contribution in [-0.2, 0) is 6.54 Å². The lowest BCUT2D eigenvalue weighted by Crippen LogP contribution is -2.30. The van der Waals surface area contributed by atoms with Crippen molar-refractivity contribution in [1.29, 1.82) is 0 Å². The lowest BCUT2D eigenvalue weighted by molar-refractivity contribution is 0.424. The number of hydrogen-bond donors (Lipinski definition) is 5. The van der Waals surface area contributed by atoms with E-state index < -0.39 is 14.2 Å². The maximum Gasteiger partial charge on any atom is 0.488 e. The van der Waals surface area contributed by atoms with E-state index in [2.05, 4.69) is 5.32 Å². The van der Waals surface area contributed by atoms with Crippen molar-refractivity contribution in [3.63, 3.8) is 0 Å². The van der Waals surface area contributed by atoms with Gasteiger partial charge in [-0.1, -0.05) is 36.4 Å². The minimum Gasteiger partial charge on any atom is -0.423 e. The Kier molecular flexibility index (Phi) is 4.81. The van der Waals surface area contributed by atoms with Crippen LogP contribution >= 0.6 is 0 Å². The van der Waals surface area contributed by atoms with Crippen LogP contribution in [0.5, 0.6) is 0 Å². The predicted octanol–water partition coefficient (Wildman–Crippen LogP) is -1.34. The first-order chi connectivity index (χ1) is 9.56. The van der Waals surface area contributed by atoms with E-state index in [1.54, 1.807) is 36.4 Å². The van der Waals surface area contributed by atoms with Gasteiger partial charge in [-0.15, -0.1) is 0 Å². The number of anilines is 1. The lowest BCUT2D eigenvalue weighted by Gasteiger charge is -2.09. The van der Waals surface area contributed by atoms with Crippen LogP contribution < -0.4 is 16.2 Å². The minimum absolute atomic E-state index is 0.412. The lowest BCUT2D eigenvalue weighted by atomic mass is 9.79. The summed E-state index contributed by atoms with van der Waals surface area (Å²) in [6.45, 7) is 0.492. The fourth-order valence-corrected chi connectivity index (χ4v) is 1.88. The van der Waals surface area contributed by atoms with Crippen molar-refractivity contribution in [3.05, 3.63) is 54.1 Å². The summed E-state index contributed by atoms with van der Waals surface area (Å²) < 4.78 is 0. The summed E-state index contributed by atoms with van der Waals surface area (Å²) in [6, 6.07) is 13.8. The maximum atomic E-state index is 9.11. The minimum atomic E-state index is -1.50. The van der Waals surface area contributed by atoms with Gasteiger partial charge in [0, 0.05) is 12.2 Å². The van der Waals surface area contributed by atoms with E-state index in [1.165, 1.54) is 0 Å². The molecule has 0 bridgehead atoms. The molecular formula is C13H15B2NO4. The summed E-state index contributed by atoms with van der Waals surface area (Å²) in [4.78, 5) is 0. The highest BCUT2D eigenvalue weighted by Crippen LogP contribution is 2.07. The van der Waals surface area contributed by atoms with E-state index in [-0.39, 0.29) is 0 Å². The van der Waals surface area contributed by atoms with Gasteiger partial charge < -0.3 is 25.4 Å². The predicted molar refractivity (Wildman–Crippen MR) is 79.9 cm³/mol. The third-order valence-corrected chi connectivity index (χ3v) is 2.93. The molecule has 2 aromatic rings. The number of benzene rings is 2. The Morgan fingerprint density at radius 1 is 0.800 bits per heavy atom. The van der Waals surface area contributed by atoms with Gasteiger partial charge in [0.05, 0.1) is 0 Å². The highest BCUT2D eigenvalue weighted by molar-refractivity contribution is 6.59. The molecule has 0 amide bonds. The molecule has 5 N–H and O–H groups in total. The maximum absolute atomic E-state index is 9.11. The molecule has 102 valence electrons. The average molecular weight is 271 g/mol. The molecule has 2 rings (SSSR count). The molecule has 0 atom stereocenters. The van der Waals surface area contributed by atoms with Crippen molar-refractivity contribution in [1.82, 2.24) is 0 Å². The van der Waals surface area contributed by atoms with Crippen LogP contribution in [-0.4, -0.2) is 34.3 Å². The summed E-state index contributed by atoms with van der Waals surface area (Å²) in [5.74, 6) is 0. The van der Waals surface area contributed by atoms with Crippen molar-refractivity contribution in [2.75, 3.05) is 5.32 Å². The summed E-state index contributed by atoms with van der Waals surface area (Å²) >= 11 is 0. The molecule has 0 aromatic heterocycles. The van der Waals surface area contributed by atoms with E-state index in [4.69, 9.17) is 20.1 Å². The van der Waals surface area contributed by atoms with Crippen molar-refractivity contribution >= 4 is 30.8 Å². The van der Waals surface area contributed by atoms with Crippen LogP contribution in [0.3, 0.4) is 0 Å². The quantitative estimate of drug-likeness (QED) is 0.434. The van der Waals surface area contributed by atoms with Gasteiger partial charge in [0.15, 0.2) is 0 Å². The summed E-state index contributed by atoms with van der Waals surface area (Å²) in [5, 5.41) is 39.6. The molecular weight excluding hydrogens is 256 g/mol. The summed E-state index contributed by atoms with van der Waals surface area (Å²) in [5.41, 5.74) is 2.49. The highest BCUT2D eigenvalue weighted by atomic mass is 16.4. The molecule has 0 aliphatic rings. The van der Waals surface area contributed by atoms with Gasteiger partial charge in [-0.3, -0.25) is 0 Å². The Balaban J connectivity index is 2.05. The first-order valence-corrected chi connectivity index (χ1v) is 6.21. The van der Waals surface area contributed by atoms with Gasteiger partial charge in [0.1, 0.15) is 0 Å². The molecule has 0 fully saturated rings. The third-order valence-electron chi connectivity index (χ3n) is 2.93. The zero-order valence-electron chi connectivity index (χ0n) is 10.8. The monoisotopic (exact) mass is 271 g/mol. The Labute approximate surface area is 117 Å². The van der Waals surface area contributed by atoms with Crippen LogP contribution in [0.15, 0.2) is 48.5 Å². The Hall–Kier alpha value is -1.79. The van der Waals surface area contributed by atoms with Crippen LogP contribution in [0.25, 0.3) is 0 Å². The van der Waals surface area contributed by atoms with Crippen LogP contribution in [0.2, 0.25) is 0 Å². The van der Waals surface area contributed by atoms with Gasteiger partial charge in [-0.25, -0.2) is 0 Å². The number of rotatable bonds is 5. The first kappa shape index (κ1) is 14.6. The van der Waals surface area contributed by atoms with Crippen LogP contribution in [0.1, 0.15) is 5.56 Å². The molecule has 0 heterocycles. The zero-order chi connectivity index (χ0) is 14.5. The molecule has 20 heavy (non-hydrogen) atoms. The molecule has 5 nitrogen and oxygen atoms in total. The van der Waals surface area contributed by atoms with Crippen molar-refractivity contribution in [2.24, 2.45) is 0 Å². The fraction of sp³-hybridized carbons (Fsp3) is 0.0769. The van der Waals surface area contributed by atoms with Gasteiger partial charge in [0.2, 0.25) is 0 Å². The van der Waals surface area contributed by atoms with E-state index in [0.717, 1.165) is 11.3 Å². The SMILES string of the molecule is OB(O)c1cccc(CNc2cccc(B(O)O)c2)c1. The van der Waals surface area contributed by atoms with Crippen molar-refractivity contribution in [3.8, 4) is 0 Å². The topological polar surface area (TPSA) is 93.0 Å². The Morgan fingerprint density at radius 3 is 2.05 bits per heavy atom. The van der Waals surface area contributed by atoms with Crippen LogP contribution in [0, 0.1) is 0 Å². The molecule has 0 aliphatic carbocycles. The molecule has 2 aromatic carbocycles. The standard InChI is InChI=1S/C13H15B2NO4/c17-14(18)11-4-1-3-10(7-11)9-16-13-6-2-5-12(8-13)15(19)20/h1-8,16-20H,9H2. The van der Waals surface area contributed by atoms with Crippen molar-refractivity contribution in [2.45, 2.75) is 6.54 Å². The van der Waals surface area contributed by atoms with Gasteiger partial charge in [0.25, 0.3) is 0 Å². The fourth-order valence-electron chi connectivity index (χ4n) is 1.88. The highest BCUT2D eigenvalue weighted by Gasteiger charge is 2.12.